The lowest BCUT2D eigenvalue weighted by molar-refractivity contribution is -0.156. The van der Waals surface area contributed by atoms with Crippen molar-refractivity contribution in [2.45, 2.75) is 70.1 Å². The quantitative estimate of drug-likeness (QED) is 0.561. The molecular weight excluding hydrogens is 480 g/mol. The summed E-state index contributed by atoms with van der Waals surface area (Å²) in [6.45, 7) is 6.39. The average molecular weight is 515 g/mol. The summed E-state index contributed by atoms with van der Waals surface area (Å²) in [5, 5.41) is 27.2. The van der Waals surface area contributed by atoms with Crippen molar-refractivity contribution >= 4 is 11.8 Å². The minimum Gasteiger partial charge on any atom is -0.490 e. The largest absolute Gasteiger partial charge is 0.490 e. The van der Waals surface area contributed by atoms with Gasteiger partial charge in [-0.2, -0.15) is 5.26 Å². The number of oxime groups is 1. The average Bonchev–Trinajstić information content (AvgIpc) is 3.61. The van der Waals surface area contributed by atoms with E-state index in [2.05, 4.69) is 39.6 Å². The summed E-state index contributed by atoms with van der Waals surface area (Å²) in [6, 6.07) is 14.1. The van der Waals surface area contributed by atoms with Crippen molar-refractivity contribution in [2.24, 2.45) is 10.6 Å². The zero-order valence-corrected chi connectivity index (χ0v) is 22.0. The Kier molecular flexibility index (Phi) is 6.07. The van der Waals surface area contributed by atoms with Crippen molar-refractivity contribution in [1.82, 2.24) is 10.2 Å². The number of carboxylic acids is 1. The lowest BCUT2D eigenvalue weighted by Crippen LogP contribution is -2.47. The van der Waals surface area contributed by atoms with Gasteiger partial charge in [-0.1, -0.05) is 29.8 Å². The monoisotopic (exact) mass is 514 g/mol. The van der Waals surface area contributed by atoms with Crippen LogP contribution >= 0.6 is 0 Å². The minimum atomic E-state index is -0.636. The van der Waals surface area contributed by atoms with E-state index in [9.17, 15) is 15.2 Å². The predicted molar refractivity (Wildman–Crippen MR) is 142 cm³/mol. The summed E-state index contributed by atoms with van der Waals surface area (Å²) >= 11 is 0. The molecule has 2 fully saturated rings. The fourth-order valence-corrected chi connectivity index (χ4v) is 6.77. The number of carbonyl (C=O) groups is 1. The topological polar surface area (TPSA) is 107 Å². The van der Waals surface area contributed by atoms with E-state index in [1.54, 1.807) is 6.07 Å². The molecule has 0 bridgehead atoms. The molecule has 2 aliphatic carbocycles. The van der Waals surface area contributed by atoms with E-state index in [1.165, 1.54) is 11.1 Å². The smallest absolute Gasteiger partial charge is 0.310 e. The third-order valence-electron chi connectivity index (χ3n) is 8.89. The van der Waals surface area contributed by atoms with E-state index in [0.29, 0.717) is 23.7 Å². The SMILES string of the molecule is CC(C)Oc1ccc(C2NC(c3cccc4c3CCC43CCN(CC4(C(=O)O)CCC4)C3)=NO2)cc1C#N. The molecule has 2 heterocycles. The second-order valence-electron chi connectivity index (χ2n) is 11.6. The number of hydrogen-bond donors (Lipinski definition) is 2. The molecule has 2 atom stereocenters. The van der Waals surface area contributed by atoms with E-state index in [1.807, 2.05) is 26.0 Å². The van der Waals surface area contributed by atoms with Crippen LogP contribution in [0.5, 0.6) is 5.75 Å². The van der Waals surface area contributed by atoms with Gasteiger partial charge >= 0.3 is 5.97 Å². The van der Waals surface area contributed by atoms with Crippen LogP contribution in [0.3, 0.4) is 0 Å². The van der Waals surface area contributed by atoms with Crippen molar-refractivity contribution < 1.29 is 19.5 Å². The lowest BCUT2D eigenvalue weighted by atomic mass is 9.68. The van der Waals surface area contributed by atoms with Gasteiger partial charge in [0.15, 0.2) is 5.84 Å². The Labute approximate surface area is 223 Å². The number of fused-ring (bicyclic) bond motifs is 2. The van der Waals surface area contributed by atoms with Crippen molar-refractivity contribution in [3.63, 3.8) is 0 Å². The standard InChI is InChI=1S/C30H34N4O4/c1-19(2)37-25-8-7-20(15-21(25)16-31)27-32-26(33-38-27)23-5-3-6-24-22(23)9-12-29(24)13-14-34(17-29)18-30(28(35)36)10-4-11-30/h3,5-8,15,19,27H,4,9-14,17-18H2,1-2H3,(H,32,33)(H,35,36). The number of amidine groups is 1. The molecule has 198 valence electrons. The maximum absolute atomic E-state index is 11.9. The van der Waals surface area contributed by atoms with Gasteiger partial charge in [0, 0.05) is 29.6 Å². The van der Waals surface area contributed by atoms with Crippen LogP contribution in [0.2, 0.25) is 0 Å². The first-order valence-electron chi connectivity index (χ1n) is 13.6. The van der Waals surface area contributed by atoms with Gasteiger partial charge in [-0.05, 0) is 81.8 Å². The van der Waals surface area contributed by atoms with Crippen LogP contribution in [0.25, 0.3) is 0 Å². The first-order chi connectivity index (χ1) is 18.3. The number of benzene rings is 2. The number of hydrogen-bond acceptors (Lipinski definition) is 7. The highest BCUT2D eigenvalue weighted by Crippen LogP contribution is 2.49. The number of carboxylic acid groups (broad SMARTS) is 1. The van der Waals surface area contributed by atoms with Crippen molar-refractivity contribution in [1.29, 1.82) is 5.26 Å². The van der Waals surface area contributed by atoms with Gasteiger partial charge in [0.1, 0.15) is 11.8 Å². The van der Waals surface area contributed by atoms with Crippen molar-refractivity contribution in [3.8, 4) is 11.8 Å². The van der Waals surface area contributed by atoms with Crippen LogP contribution in [0.1, 0.15) is 80.0 Å². The number of nitriles is 1. The molecule has 1 spiro atoms. The van der Waals surface area contributed by atoms with Gasteiger partial charge in [-0.3, -0.25) is 4.79 Å². The van der Waals surface area contributed by atoms with Crippen LogP contribution in [0.4, 0.5) is 0 Å². The van der Waals surface area contributed by atoms with Gasteiger partial charge in [-0.25, -0.2) is 0 Å². The third-order valence-corrected chi connectivity index (χ3v) is 8.89. The van der Waals surface area contributed by atoms with Gasteiger partial charge < -0.3 is 24.9 Å². The number of ether oxygens (including phenoxy) is 1. The number of rotatable bonds is 7. The van der Waals surface area contributed by atoms with Crippen LogP contribution in [0.15, 0.2) is 41.6 Å². The summed E-state index contributed by atoms with van der Waals surface area (Å²) in [7, 11) is 0. The summed E-state index contributed by atoms with van der Waals surface area (Å²) < 4.78 is 5.75. The first kappa shape index (κ1) is 24.7. The Balaban J connectivity index is 1.19. The lowest BCUT2D eigenvalue weighted by Gasteiger charge is -2.40. The number of nitrogens with one attached hydrogen (secondary N) is 1. The van der Waals surface area contributed by atoms with E-state index < -0.39 is 17.6 Å². The van der Waals surface area contributed by atoms with Gasteiger partial charge in [0.25, 0.3) is 0 Å². The summed E-state index contributed by atoms with van der Waals surface area (Å²) in [6.07, 6.45) is 5.20. The highest BCUT2D eigenvalue weighted by atomic mass is 16.7. The van der Waals surface area contributed by atoms with Gasteiger partial charge in [0.2, 0.25) is 6.23 Å². The first-order valence-corrected chi connectivity index (χ1v) is 13.6. The Morgan fingerprint density at radius 2 is 2.13 bits per heavy atom. The van der Waals surface area contributed by atoms with Crippen LogP contribution in [-0.4, -0.2) is 47.5 Å². The molecule has 4 aliphatic rings. The fraction of sp³-hybridized carbons (Fsp3) is 0.500. The van der Waals surface area contributed by atoms with Gasteiger partial charge in [0.05, 0.1) is 17.1 Å². The molecule has 2 unspecified atom stereocenters. The van der Waals surface area contributed by atoms with E-state index in [4.69, 9.17) is 9.57 Å². The van der Waals surface area contributed by atoms with Crippen LogP contribution in [-0.2, 0) is 21.5 Å². The van der Waals surface area contributed by atoms with Crippen molar-refractivity contribution in [3.05, 3.63) is 64.2 Å². The van der Waals surface area contributed by atoms with Crippen LogP contribution < -0.4 is 10.1 Å². The molecule has 1 saturated carbocycles. The zero-order valence-electron chi connectivity index (χ0n) is 22.0. The molecule has 2 aromatic rings. The maximum atomic E-state index is 11.9. The van der Waals surface area contributed by atoms with E-state index in [0.717, 1.165) is 62.7 Å². The molecule has 2 aromatic carbocycles. The second-order valence-corrected chi connectivity index (χ2v) is 11.6. The normalized spacial score (nSPS) is 25.3. The number of nitrogens with zero attached hydrogens (tertiary/aromatic N) is 3. The molecule has 6 rings (SSSR count). The molecule has 8 nitrogen and oxygen atoms in total. The van der Waals surface area contributed by atoms with Gasteiger partial charge in [-0.15, -0.1) is 0 Å². The molecule has 2 aliphatic heterocycles. The molecule has 0 amide bonds. The molecule has 38 heavy (non-hydrogen) atoms. The van der Waals surface area contributed by atoms with E-state index in [-0.39, 0.29) is 11.5 Å². The maximum Gasteiger partial charge on any atom is 0.310 e. The second kappa shape index (κ2) is 9.32. The molecule has 0 radical (unpaired) electrons. The molecule has 0 aromatic heterocycles. The Bertz CT molecular complexity index is 1340. The molecular formula is C30H34N4O4. The third kappa shape index (κ3) is 4.10. The van der Waals surface area contributed by atoms with Crippen LogP contribution in [0, 0.1) is 16.7 Å². The summed E-state index contributed by atoms with van der Waals surface area (Å²) in [5.74, 6) is 0.635. The van der Waals surface area contributed by atoms with E-state index >= 15 is 0 Å². The highest BCUT2D eigenvalue weighted by Gasteiger charge is 2.50. The highest BCUT2D eigenvalue weighted by molar-refractivity contribution is 6.01. The summed E-state index contributed by atoms with van der Waals surface area (Å²) in [4.78, 5) is 20.1. The number of likely N-dealkylation sites (tertiary alicyclic amines) is 1. The number of aliphatic carboxylic acids is 1. The zero-order chi connectivity index (χ0) is 26.5. The Morgan fingerprint density at radius 1 is 1.29 bits per heavy atom. The fourth-order valence-electron chi connectivity index (χ4n) is 6.77. The predicted octanol–water partition coefficient (Wildman–Crippen LogP) is 4.47. The Morgan fingerprint density at radius 3 is 2.84 bits per heavy atom. The molecule has 8 heteroatoms. The molecule has 2 N–H and O–H groups in total. The summed E-state index contributed by atoms with van der Waals surface area (Å²) in [5.41, 5.74) is 4.54. The van der Waals surface area contributed by atoms with Crippen molar-refractivity contribution in [2.75, 3.05) is 19.6 Å². The Hall–Kier alpha value is -3.57. The molecule has 1 saturated heterocycles. The minimum absolute atomic E-state index is 0.0179.